The molecular weight excluding hydrogens is 509 g/mol. The molecule has 2 aromatic rings. The van der Waals surface area contributed by atoms with Crippen molar-refractivity contribution in [2.45, 2.75) is 35.5 Å². The smallest absolute Gasteiger partial charge is 0.348 e. The van der Waals surface area contributed by atoms with Gasteiger partial charge in [-0.25, -0.2) is 0 Å². The Bertz CT molecular complexity index is 1350. The summed E-state index contributed by atoms with van der Waals surface area (Å²) in [6.07, 6.45) is 0. The molecule has 2 heterocycles. The van der Waals surface area contributed by atoms with Gasteiger partial charge in [-0.15, -0.1) is 0 Å². The van der Waals surface area contributed by atoms with Gasteiger partial charge in [-0.1, -0.05) is 35.9 Å². The summed E-state index contributed by atoms with van der Waals surface area (Å²) in [6, 6.07) is 9.00. The molecule has 16 heteroatoms. The Hall–Kier alpha value is -2.94. The van der Waals surface area contributed by atoms with Crippen LogP contribution < -0.4 is 0 Å². The van der Waals surface area contributed by atoms with Gasteiger partial charge in [0, 0.05) is 28.5 Å². The number of rotatable bonds is 5. The summed E-state index contributed by atoms with van der Waals surface area (Å²) in [6.45, 7) is 0.131. The van der Waals surface area contributed by atoms with Crippen LogP contribution >= 0.6 is 11.6 Å². The summed E-state index contributed by atoms with van der Waals surface area (Å²) >= 11 is 5.81. The molecule has 0 spiro atoms. The van der Waals surface area contributed by atoms with Crippen molar-refractivity contribution in [2.24, 2.45) is 0 Å². The van der Waals surface area contributed by atoms with E-state index in [9.17, 15) is 19.2 Å². The van der Waals surface area contributed by atoms with Crippen molar-refractivity contribution in [1.82, 2.24) is 14.5 Å². The van der Waals surface area contributed by atoms with E-state index in [1.807, 2.05) is 0 Å². The molecular formula is C22H24B6ClF2N3O4. The van der Waals surface area contributed by atoms with Gasteiger partial charge >= 0.3 is 5.92 Å². The van der Waals surface area contributed by atoms with Gasteiger partial charge in [0.1, 0.15) is 37.4 Å². The molecule has 0 radical (unpaired) electrons. The first kappa shape index (κ1) is 28.1. The lowest BCUT2D eigenvalue weighted by Gasteiger charge is -2.42. The third-order valence-electron chi connectivity index (χ3n) is 8.19. The zero-order valence-electron chi connectivity index (χ0n) is 22.1. The molecule has 1 saturated heterocycles. The van der Waals surface area contributed by atoms with Gasteiger partial charge in [0.05, 0.1) is 0 Å². The number of amides is 4. The fourth-order valence-corrected chi connectivity index (χ4v) is 5.27. The summed E-state index contributed by atoms with van der Waals surface area (Å²) in [4.78, 5) is 55.2. The first-order valence-corrected chi connectivity index (χ1v) is 12.7. The Morgan fingerprint density at radius 1 is 1.00 bits per heavy atom. The van der Waals surface area contributed by atoms with Crippen molar-refractivity contribution in [2.75, 3.05) is 0 Å². The van der Waals surface area contributed by atoms with Crippen molar-refractivity contribution in [3.8, 4) is 0 Å². The second-order valence-electron chi connectivity index (χ2n) is 10.6. The number of carbonyl (C=O) groups excluding carboxylic acids is 4. The van der Waals surface area contributed by atoms with Crippen LogP contribution in [0.25, 0.3) is 0 Å². The highest BCUT2D eigenvalue weighted by Gasteiger charge is 2.49. The molecule has 4 rings (SSSR count). The van der Waals surface area contributed by atoms with Gasteiger partial charge in [-0.3, -0.25) is 19.2 Å². The molecule has 38 heavy (non-hydrogen) atoms. The van der Waals surface area contributed by atoms with E-state index in [0.29, 0.717) is 16.7 Å². The van der Waals surface area contributed by atoms with Gasteiger partial charge < -0.3 is 14.5 Å². The normalized spacial score (nSPS) is 22.0. The monoisotopic (exact) mass is 533 g/mol. The van der Waals surface area contributed by atoms with E-state index in [0.717, 1.165) is 21.8 Å². The van der Waals surface area contributed by atoms with Crippen LogP contribution in [-0.4, -0.2) is 91.5 Å². The second-order valence-corrected chi connectivity index (χ2v) is 11.1. The first-order chi connectivity index (χ1) is 17.6. The minimum atomic E-state index is -3.78. The molecule has 4 amide bonds. The molecule has 0 aliphatic carbocycles. The number of hydrogen-bond donors (Lipinski definition) is 0. The number of benzene rings is 2. The van der Waals surface area contributed by atoms with Crippen molar-refractivity contribution in [3.63, 3.8) is 0 Å². The lowest BCUT2D eigenvalue weighted by Crippen LogP contribution is -2.58. The second kappa shape index (κ2) is 9.67. The van der Waals surface area contributed by atoms with E-state index < -0.39 is 40.5 Å². The van der Waals surface area contributed by atoms with Crippen molar-refractivity contribution >= 4 is 82.6 Å². The van der Waals surface area contributed by atoms with Crippen molar-refractivity contribution in [3.05, 3.63) is 69.7 Å². The molecule has 190 valence electrons. The Kier molecular flexibility index (Phi) is 7.14. The summed E-state index contributed by atoms with van der Waals surface area (Å²) in [5.41, 5.74) is 1.11. The number of halogens is 3. The van der Waals surface area contributed by atoms with Crippen molar-refractivity contribution < 1.29 is 28.0 Å². The molecule has 0 aromatic heterocycles. The number of alkyl halides is 2. The minimum absolute atomic E-state index is 0.131. The zero-order valence-corrected chi connectivity index (χ0v) is 22.8. The SMILES string of the molecule is BC1C(=O)N(B)C(=O)C(N2Cc3cc(C(B)(B)N(B)C(=O)C(F)(F)c4ccc(Cl)cc4)ccc3C2=O)C1B. The quantitative estimate of drug-likeness (QED) is 0.303. The molecule has 1 fully saturated rings. The average Bonchev–Trinajstić information content (AvgIpc) is 3.21. The van der Waals surface area contributed by atoms with E-state index in [1.165, 1.54) is 33.0 Å². The molecule has 2 aliphatic rings. The lowest BCUT2D eigenvalue weighted by atomic mass is 9.55. The van der Waals surface area contributed by atoms with Crippen LogP contribution in [0, 0.1) is 0 Å². The highest BCUT2D eigenvalue weighted by Crippen LogP contribution is 2.39. The average molecular weight is 533 g/mol. The summed E-state index contributed by atoms with van der Waals surface area (Å²) in [7, 11) is 9.55. The molecule has 2 aromatic carbocycles. The summed E-state index contributed by atoms with van der Waals surface area (Å²) < 4.78 is 30.2. The standard InChI is InChI=1S/C22H24B6ClF2N3O4/c23-14-15(24)18(36)33(27)19(37)16(14)32-8-9-7-11(3-6-13(9)17(32)35)22(25,26)34(28)20(38)21(30,31)10-1-4-12(29)5-2-10/h1-7,14-16H,8,23-28H2. The fraction of sp³-hybridized carbons (Fsp3) is 0.273. The molecule has 3 unspecified atom stereocenters. The van der Waals surface area contributed by atoms with E-state index in [1.54, 1.807) is 49.6 Å². The molecule has 0 bridgehead atoms. The minimum Gasteiger partial charge on any atom is -0.393 e. The van der Waals surface area contributed by atoms with Gasteiger partial charge in [-0.2, -0.15) is 8.78 Å². The number of fused-ring (bicyclic) bond motifs is 1. The number of carbonyl (C=O) groups is 4. The highest BCUT2D eigenvalue weighted by atomic mass is 35.5. The number of piperidine rings is 1. The maximum Gasteiger partial charge on any atom is 0.348 e. The van der Waals surface area contributed by atoms with Crippen LogP contribution in [0.2, 0.25) is 16.7 Å². The van der Waals surface area contributed by atoms with Gasteiger partial charge in [-0.05, 0) is 40.5 Å². The lowest BCUT2D eigenvalue weighted by molar-refractivity contribution is -0.155. The van der Waals surface area contributed by atoms with E-state index in [-0.39, 0.29) is 29.2 Å². The third kappa shape index (κ3) is 4.38. The molecule has 3 atom stereocenters. The summed E-state index contributed by atoms with van der Waals surface area (Å²) in [5, 5.41) is -0.877. The number of imide groups is 1. The van der Waals surface area contributed by atoms with E-state index in [2.05, 4.69) is 0 Å². The molecule has 7 nitrogen and oxygen atoms in total. The van der Waals surface area contributed by atoms with Crippen LogP contribution in [0.5, 0.6) is 0 Å². The maximum atomic E-state index is 15.1. The van der Waals surface area contributed by atoms with E-state index >= 15 is 8.78 Å². The van der Waals surface area contributed by atoms with Crippen molar-refractivity contribution in [1.29, 1.82) is 0 Å². The fourth-order valence-electron chi connectivity index (χ4n) is 5.14. The maximum absolute atomic E-state index is 15.1. The summed E-state index contributed by atoms with van der Waals surface area (Å²) in [5.74, 6) is -7.02. The molecule has 2 aliphatic heterocycles. The van der Waals surface area contributed by atoms with E-state index in [4.69, 9.17) is 11.6 Å². The largest absolute Gasteiger partial charge is 0.393 e. The predicted molar refractivity (Wildman–Crippen MR) is 155 cm³/mol. The zero-order chi connectivity index (χ0) is 28.3. The Labute approximate surface area is 230 Å². The highest BCUT2D eigenvalue weighted by molar-refractivity contribution is 6.43. The number of hydrogen-bond acceptors (Lipinski definition) is 4. The Morgan fingerprint density at radius 2 is 1.58 bits per heavy atom. The Balaban J connectivity index is 1.61. The molecule has 0 N–H and O–H groups in total. The molecule has 0 saturated carbocycles. The van der Waals surface area contributed by atoms with Crippen LogP contribution in [-0.2, 0) is 32.2 Å². The topological polar surface area (TPSA) is 78.0 Å². The van der Waals surface area contributed by atoms with Crippen LogP contribution in [0.15, 0.2) is 42.5 Å². The van der Waals surface area contributed by atoms with Crippen LogP contribution in [0.4, 0.5) is 8.78 Å². The third-order valence-corrected chi connectivity index (χ3v) is 8.44. The van der Waals surface area contributed by atoms with Crippen LogP contribution in [0.3, 0.4) is 0 Å². The van der Waals surface area contributed by atoms with Gasteiger partial charge in [0.15, 0.2) is 0 Å². The van der Waals surface area contributed by atoms with Gasteiger partial charge in [0.25, 0.3) is 11.8 Å². The van der Waals surface area contributed by atoms with Crippen LogP contribution in [0.1, 0.15) is 27.0 Å². The Morgan fingerprint density at radius 3 is 2.18 bits per heavy atom. The predicted octanol–water partition coefficient (Wildman–Crippen LogP) is -3.03. The van der Waals surface area contributed by atoms with Gasteiger partial charge in [0.2, 0.25) is 27.8 Å². The first-order valence-electron chi connectivity index (χ1n) is 12.3. The number of nitrogens with zero attached hydrogens (tertiary/aromatic N) is 3.